The van der Waals surface area contributed by atoms with Gasteiger partial charge in [0.05, 0.1) is 11.3 Å². The summed E-state index contributed by atoms with van der Waals surface area (Å²) in [5, 5.41) is 8.48. The van der Waals surface area contributed by atoms with Crippen molar-refractivity contribution in [2.75, 3.05) is 51.1 Å². The standard InChI is InChI=1S/C20H33N5O2/c1-4-24-12-14-25(15-13-24)11-7-10-21-19(26)17-8-5-6-9-18(17)23-20(27)22-16(2)3/h5-6,8-9,16H,4,7,10-15H2,1-3H3,(H,21,26)(H2,22,23,27). The highest BCUT2D eigenvalue weighted by Gasteiger charge is 2.16. The van der Waals surface area contributed by atoms with Gasteiger partial charge in [-0.3, -0.25) is 4.79 Å². The number of anilines is 1. The number of hydrogen-bond acceptors (Lipinski definition) is 4. The molecule has 1 fully saturated rings. The second-order valence-corrected chi connectivity index (χ2v) is 7.18. The summed E-state index contributed by atoms with van der Waals surface area (Å²) in [6.07, 6.45) is 0.918. The van der Waals surface area contributed by atoms with Crippen LogP contribution in [-0.2, 0) is 0 Å². The molecular weight excluding hydrogens is 342 g/mol. The Bertz CT molecular complexity index is 612. The van der Waals surface area contributed by atoms with Gasteiger partial charge < -0.3 is 25.8 Å². The summed E-state index contributed by atoms with van der Waals surface area (Å²) in [5.41, 5.74) is 0.997. The van der Waals surface area contributed by atoms with Crippen molar-refractivity contribution in [3.8, 4) is 0 Å². The Labute approximate surface area is 162 Å². The summed E-state index contributed by atoms with van der Waals surface area (Å²) >= 11 is 0. The van der Waals surface area contributed by atoms with Gasteiger partial charge in [-0.05, 0) is 45.5 Å². The average molecular weight is 376 g/mol. The zero-order valence-corrected chi connectivity index (χ0v) is 16.8. The zero-order chi connectivity index (χ0) is 19.6. The fourth-order valence-corrected chi connectivity index (χ4v) is 3.14. The molecule has 1 saturated heterocycles. The van der Waals surface area contributed by atoms with E-state index in [1.54, 1.807) is 24.3 Å². The minimum absolute atomic E-state index is 0.0326. The molecular formula is C20H33N5O2. The van der Waals surface area contributed by atoms with Crippen molar-refractivity contribution < 1.29 is 9.59 Å². The van der Waals surface area contributed by atoms with E-state index >= 15 is 0 Å². The van der Waals surface area contributed by atoms with Crippen LogP contribution in [0, 0.1) is 0 Å². The second-order valence-electron chi connectivity index (χ2n) is 7.18. The van der Waals surface area contributed by atoms with E-state index in [2.05, 4.69) is 32.7 Å². The molecule has 1 aromatic rings. The van der Waals surface area contributed by atoms with Crippen LogP contribution in [0.2, 0.25) is 0 Å². The fraction of sp³-hybridized carbons (Fsp3) is 0.600. The van der Waals surface area contributed by atoms with Gasteiger partial charge in [-0.2, -0.15) is 0 Å². The fourth-order valence-electron chi connectivity index (χ4n) is 3.14. The number of amides is 3. The minimum Gasteiger partial charge on any atom is -0.352 e. The Balaban J connectivity index is 1.76. The van der Waals surface area contributed by atoms with Crippen molar-refractivity contribution in [1.82, 2.24) is 20.4 Å². The van der Waals surface area contributed by atoms with Crippen molar-refractivity contribution in [2.24, 2.45) is 0 Å². The number of carbonyl (C=O) groups is 2. The van der Waals surface area contributed by atoms with Crippen LogP contribution in [0.5, 0.6) is 0 Å². The van der Waals surface area contributed by atoms with Gasteiger partial charge in [0.25, 0.3) is 5.91 Å². The van der Waals surface area contributed by atoms with Gasteiger partial charge in [0.1, 0.15) is 0 Å². The molecule has 0 unspecified atom stereocenters. The highest BCUT2D eigenvalue weighted by Crippen LogP contribution is 2.15. The predicted molar refractivity (Wildman–Crippen MR) is 109 cm³/mol. The van der Waals surface area contributed by atoms with E-state index in [-0.39, 0.29) is 18.0 Å². The summed E-state index contributed by atoms with van der Waals surface area (Å²) in [4.78, 5) is 29.3. The van der Waals surface area contributed by atoms with Gasteiger partial charge in [0.2, 0.25) is 0 Å². The molecule has 0 aromatic heterocycles. The van der Waals surface area contributed by atoms with Crippen molar-refractivity contribution in [3.63, 3.8) is 0 Å². The summed E-state index contributed by atoms with van der Waals surface area (Å²) in [7, 11) is 0. The number of likely N-dealkylation sites (N-methyl/N-ethyl adjacent to an activating group) is 1. The first-order valence-corrected chi connectivity index (χ1v) is 9.89. The smallest absolute Gasteiger partial charge is 0.319 e. The van der Waals surface area contributed by atoms with Gasteiger partial charge in [-0.25, -0.2) is 4.79 Å². The van der Waals surface area contributed by atoms with Crippen LogP contribution in [0.25, 0.3) is 0 Å². The molecule has 1 aliphatic rings. The number of nitrogens with one attached hydrogen (secondary N) is 3. The van der Waals surface area contributed by atoms with Crippen LogP contribution < -0.4 is 16.0 Å². The largest absolute Gasteiger partial charge is 0.352 e. The third-order valence-electron chi connectivity index (χ3n) is 4.69. The van der Waals surface area contributed by atoms with Crippen molar-refractivity contribution in [2.45, 2.75) is 33.2 Å². The van der Waals surface area contributed by atoms with Crippen LogP contribution in [0.15, 0.2) is 24.3 Å². The predicted octanol–water partition coefficient (Wildman–Crippen LogP) is 1.97. The zero-order valence-electron chi connectivity index (χ0n) is 16.8. The molecule has 0 atom stereocenters. The van der Waals surface area contributed by atoms with Gasteiger partial charge in [-0.15, -0.1) is 0 Å². The normalized spacial score (nSPS) is 15.6. The highest BCUT2D eigenvalue weighted by molar-refractivity contribution is 6.03. The average Bonchev–Trinajstić information content (AvgIpc) is 2.65. The first-order valence-electron chi connectivity index (χ1n) is 9.89. The Morgan fingerprint density at radius 1 is 1.07 bits per heavy atom. The Morgan fingerprint density at radius 3 is 2.41 bits per heavy atom. The number of nitrogens with zero attached hydrogens (tertiary/aromatic N) is 2. The number of urea groups is 1. The second kappa shape index (κ2) is 10.9. The number of carbonyl (C=O) groups excluding carboxylic acids is 2. The molecule has 1 aromatic carbocycles. The van der Waals surface area contributed by atoms with Gasteiger partial charge in [0.15, 0.2) is 0 Å². The summed E-state index contributed by atoms with van der Waals surface area (Å²) in [6, 6.07) is 6.79. The summed E-state index contributed by atoms with van der Waals surface area (Å²) < 4.78 is 0. The molecule has 150 valence electrons. The molecule has 0 bridgehead atoms. The Kier molecular flexibility index (Phi) is 8.54. The van der Waals surface area contributed by atoms with Gasteiger partial charge in [-0.1, -0.05) is 19.1 Å². The summed E-state index contributed by atoms with van der Waals surface area (Å²) in [6.45, 7) is 13.2. The number of benzene rings is 1. The SMILES string of the molecule is CCN1CCN(CCCNC(=O)c2ccccc2NC(=O)NC(C)C)CC1. The van der Waals surface area contributed by atoms with Crippen LogP contribution >= 0.6 is 0 Å². The molecule has 3 amide bonds. The molecule has 0 saturated carbocycles. The molecule has 0 radical (unpaired) electrons. The van der Waals surface area contributed by atoms with Crippen molar-refractivity contribution in [1.29, 1.82) is 0 Å². The molecule has 1 heterocycles. The lowest BCUT2D eigenvalue weighted by Crippen LogP contribution is -2.46. The lowest BCUT2D eigenvalue weighted by molar-refractivity contribution is 0.0949. The maximum atomic E-state index is 12.5. The molecule has 1 aliphatic heterocycles. The third-order valence-corrected chi connectivity index (χ3v) is 4.69. The van der Waals surface area contributed by atoms with E-state index in [0.717, 1.165) is 45.7 Å². The van der Waals surface area contributed by atoms with Crippen LogP contribution in [0.4, 0.5) is 10.5 Å². The maximum absolute atomic E-state index is 12.5. The lowest BCUT2D eigenvalue weighted by atomic mass is 10.1. The molecule has 7 nitrogen and oxygen atoms in total. The van der Waals surface area contributed by atoms with E-state index in [4.69, 9.17) is 0 Å². The third kappa shape index (κ3) is 7.19. The lowest BCUT2D eigenvalue weighted by Gasteiger charge is -2.33. The van der Waals surface area contributed by atoms with Crippen molar-refractivity contribution in [3.05, 3.63) is 29.8 Å². The molecule has 7 heteroatoms. The monoisotopic (exact) mass is 375 g/mol. The maximum Gasteiger partial charge on any atom is 0.319 e. The number of piperazine rings is 1. The Hall–Kier alpha value is -2.12. The van der Waals surface area contributed by atoms with Crippen LogP contribution in [-0.4, -0.2) is 73.6 Å². The summed E-state index contributed by atoms with van der Waals surface area (Å²) in [5.74, 6) is -0.161. The molecule has 3 N–H and O–H groups in total. The van der Waals surface area contributed by atoms with Gasteiger partial charge in [0, 0.05) is 38.8 Å². The number of hydrogen-bond donors (Lipinski definition) is 3. The number of rotatable bonds is 8. The molecule has 27 heavy (non-hydrogen) atoms. The van der Waals surface area contributed by atoms with Gasteiger partial charge >= 0.3 is 6.03 Å². The molecule has 0 spiro atoms. The Morgan fingerprint density at radius 2 is 1.74 bits per heavy atom. The molecule has 0 aliphatic carbocycles. The highest BCUT2D eigenvalue weighted by atomic mass is 16.2. The molecule has 2 rings (SSSR count). The quantitative estimate of drug-likeness (QED) is 0.607. The van der Waals surface area contributed by atoms with E-state index in [1.165, 1.54) is 0 Å². The first-order chi connectivity index (χ1) is 13.0. The topological polar surface area (TPSA) is 76.7 Å². The first kappa shape index (κ1) is 21.2. The van der Waals surface area contributed by atoms with E-state index in [1.807, 2.05) is 13.8 Å². The van der Waals surface area contributed by atoms with Crippen LogP contribution in [0.1, 0.15) is 37.6 Å². The van der Waals surface area contributed by atoms with E-state index < -0.39 is 0 Å². The van der Waals surface area contributed by atoms with E-state index in [9.17, 15) is 9.59 Å². The van der Waals surface area contributed by atoms with Crippen LogP contribution in [0.3, 0.4) is 0 Å². The minimum atomic E-state index is -0.309. The van der Waals surface area contributed by atoms with Crippen molar-refractivity contribution >= 4 is 17.6 Å². The number of para-hydroxylation sites is 1. The van der Waals surface area contributed by atoms with E-state index in [0.29, 0.717) is 17.8 Å².